The number of carbonyl (C=O) groups excluding carboxylic acids is 1. The van der Waals surface area contributed by atoms with Crippen LogP contribution in [0.1, 0.15) is 23.7 Å². The molecule has 0 aromatic heterocycles. The van der Waals surface area contributed by atoms with Gasteiger partial charge in [-0.05, 0) is 25.5 Å². The Hall–Kier alpha value is -2.37. The van der Waals surface area contributed by atoms with E-state index < -0.39 is 4.92 Å². The third-order valence-corrected chi connectivity index (χ3v) is 2.54. The van der Waals surface area contributed by atoms with Gasteiger partial charge in [0.25, 0.3) is 11.6 Å². The summed E-state index contributed by atoms with van der Waals surface area (Å²) in [5.41, 5.74) is 0.713. The standard InChI is InChI=1S/C13H17N3O3/c1-3-4-5-8-15-11-9-10(13(17)14-2)6-7-12(11)16(18)19/h3-4,6-7,9,15H,5,8H2,1-2H3,(H,14,17)/b4-3+. The van der Waals surface area contributed by atoms with E-state index in [-0.39, 0.29) is 11.6 Å². The van der Waals surface area contributed by atoms with Crippen molar-refractivity contribution < 1.29 is 9.72 Å². The maximum Gasteiger partial charge on any atom is 0.292 e. The lowest BCUT2D eigenvalue weighted by Gasteiger charge is -2.07. The van der Waals surface area contributed by atoms with Crippen LogP contribution in [0.15, 0.2) is 30.4 Å². The number of nitro groups is 1. The fourth-order valence-electron chi connectivity index (χ4n) is 1.58. The second kappa shape index (κ2) is 7.15. The van der Waals surface area contributed by atoms with Crippen LogP contribution in [0.5, 0.6) is 0 Å². The molecule has 0 unspecified atom stereocenters. The van der Waals surface area contributed by atoms with Crippen LogP contribution in [0.25, 0.3) is 0 Å². The molecule has 19 heavy (non-hydrogen) atoms. The van der Waals surface area contributed by atoms with Crippen LogP contribution in [0.3, 0.4) is 0 Å². The number of rotatable bonds is 6. The number of anilines is 1. The second-order valence-corrected chi connectivity index (χ2v) is 3.85. The van der Waals surface area contributed by atoms with Gasteiger partial charge in [-0.1, -0.05) is 12.2 Å². The van der Waals surface area contributed by atoms with E-state index in [4.69, 9.17) is 0 Å². The van der Waals surface area contributed by atoms with Crippen LogP contribution in [0, 0.1) is 10.1 Å². The van der Waals surface area contributed by atoms with Crippen molar-refractivity contribution in [3.05, 3.63) is 46.0 Å². The van der Waals surface area contributed by atoms with Gasteiger partial charge in [-0.25, -0.2) is 0 Å². The third kappa shape index (κ3) is 4.09. The van der Waals surface area contributed by atoms with Crippen molar-refractivity contribution in [3.8, 4) is 0 Å². The van der Waals surface area contributed by atoms with Crippen molar-refractivity contribution >= 4 is 17.3 Å². The number of nitro benzene ring substituents is 1. The minimum Gasteiger partial charge on any atom is -0.379 e. The molecule has 1 rings (SSSR count). The van der Waals surface area contributed by atoms with Crippen LogP contribution >= 0.6 is 0 Å². The molecule has 1 aromatic rings. The predicted octanol–water partition coefficient (Wildman–Crippen LogP) is 2.33. The van der Waals surface area contributed by atoms with E-state index in [1.54, 1.807) is 0 Å². The minimum atomic E-state index is -0.467. The van der Waals surface area contributed by atoms with Crippen LogP contribution in [-0.2, 0) is 0 Å². The maximum atomic E-state index is 11.5. The normalized spacial score (nSPS) is 10.4. The number of hydrogen-bond donors (Lipinski definition) is 2. The van der Waals surface area contributed by atoms with Gasteiger partial charge in [0, 0.05) is 25.2 Å². The number of hydrogen-bond acceptors (Lipinski definition) is 4. The van der Waals surface area contributed by atoms with Crippen molar-refractivity contribution in [3.63, 3.8) is 0 Å². The van der Waals surface area contributed by atoms with Gasteiger partial charge in [-0.2, -0.15) is 0 Å². The molecule has 0 heterocycles. The van der Waals surface area contributed by atoms with E-state index in [1.165, 1.54) is 25.2 Å². The summed E-state index contributed by atoms with van der Waals surface area (Å²) in [6.07, 6.45) is 4.64. The summed E-state index contributed by atoms with van der Waals surface area (Å²) in [7, 11) is 1.52. The van der Waals surface area contributed by atoms with E-state index in [0.717, 1.165) is 6.42 Å². The molecule has 0 aliphatic heterocycles. The average molecular weight is 263 g/mol. The molecule has 0 bridgehead atoms. The molecule has 0 spiro atoms. The Morgan fingerprint density at radius 3 is 2.79 bits per heavy atom. The first kappa shape index (κ1) is 14.7. The van der Waals surface area contributed by atoms with Crippen molar-refractivity contribution in [2.75, 3.05) is 18.9 Å². The summed E-state index contributed by atoms with van der Waals surface area (Å²) < 4.78 is 0. The average Bonchev–Trinajstić information content (AvgIpc) is 2.42. The number of allylic oxidation sites excluding steroid dienone is 1. The maximum absolute atomic E-state index is 11.5. The highest BCUT2D eigenvalue weighted by atomic mass is 16.6. The van der Waals surface area contributed by atoms with Crippen molar-refractivity contribution in [2.45, 2.75) is 13.3 Å². The molecule has 102 valence electrons. The van der Waals surface area contributed by atoms with Gasteiger partial charge in [-0.15, -0.1) is 0 Å². The topological polar surface area (TPSA) is 84.3 Å². The fraction of sp³-hybridized carbons (Fsp3) is 0.308. The Balaban J connectivity index is 2.95. The summed E-state index contributed by atoms with van der Waals surface area (Å²) in [5, 5.41) is 16.4. The van der Waals surface area contributed by atoms with Crippen LogP contribution in [0.2, 0.25) is 0 Å². The monoisotopic (exact) mass is 263 g/mol. The quantitative estimate of drug-likeness (QED) is 0.357. The molecule has 0 radical (unpaired) electrons. The van der Waals surface area contributed by atoms with Gasteiger partial charge in [0.2, 0.25) is 0 Å². The summed E-state index contributed by atoms with van der Waals surface area (Å²) in [5.74, 6) is -0.272. The fourth-order valence-corrected chi connectivity index (χ4v) is 1.58. The Bertz CT molecular complexity index is 498. The van der Waals surface area contributed by atoms with Crippen molar-refractivity contribution in [2.24, 2.45) is 0 Å². The highest BCUT2D eigenvalue weighted by molar-refractivity contribution is 5.95. The molecule has 0 aliphatic rings. The number of nitrogens with zero attached hydrogens (tertiary/aromatic N) is 1. The molecule has 6 heteroatoms. The molecule has 0 saturated heterocycles. The van der Waals surface area contributed by atoms with E-state index in [0.29, 0.717) is 17.8 Å². The number of amides is 1. The van der Waals surface area contributed by atoms with Gasteiger partial charge < -0.3 is 10.6 Å². The summed E-state index contributed by atoms with van der Waals surface area (Å²) >= 11 is 0. The van der Waals surface area contributed by atoms with Gasteiger partial charge in [0.1, 0.15) is 5.69 Å². The molecule has 6 nitrogen and oxygen atoms in total. The third-order valence-electron chi connectivity index (χ3n) is 2.54. The first-order valence-electron chi connectivity index (χ1n) is 5.95. The summed E-state index contributed by atoms with van der Waals surface area (Å²) in [6.45, 7) is 2.48. The zero-order valence-corrected chi connectivity index (χ0v) is 11.0. The summed E-state index contributed by atoms with van der Waals surface area (Å²) in [6, 6.07) is 4.27. The van der Waals surface area contributed by atoms with Gasteiger partial charge in [0.15, 0.2) is 0 Å². The number of nitrogens with one attached hydrogen (secondary N) is 2. The van der Waals surface area contributed by atoms with E-state index >= 15 is 0 Å². The number of benzene rings is 1. The van der Waals surface area contributed by atoms with Gasteiger partial charge in [0.05, 0.1) is 4.92 Å². The molecule has 1 aromatic carbocycles. The zero-order valence-electron chi connectivity index (χ0n) is 11.0. The Morgan fingerprint density at radius 2 is 2.21 bits per heavy atom. The smallest absolute Gasteiger partial charge is 0.292 e. The van der Waals surface area contributed by atoms with E-state index in [2.05, 4.69) is 10.6 Å². The Morgan fingerprint density at radius 1 is 1.47 bits per heavy atom. The Labute approximate surface area is 111 Å². The molecular weight excluding hydrogens is 246 g/mol. The lowest BCUT2D eigenvalue weighted by Crippen LogP contribution is -2.18. The first-order chi connectivity index (χ1) is 9.10. The molecule has 0 fully saturated rings. The molecular formula is C13H17N3O3. The summed E-state index contributed by atoms with van der Waals surface area (Å²) in [4.78, 5) is 21.9. The second-order valence-electron chi connectivity index (χ2n) is 3.85. The molecule has 0 aliphatic carbocycles. The van der Waals surface area contributed by atoms with Crippen molar-refractivity contribution in [1.82, 2.24) is 5.32 Å². The Kier molecular flexibility index (Phi) is 5.53. The highest BCUT2D eigenvalue weighted by Gasteiger charge is 2.15. The van der Waals surface area contributed by atoms with Crippen LogP contribution < -0.4 is 10.6 Å². The molecule has 2 N–H and O–H groups in total. The van der Waals surface area contributed by atoms with Gasteiger partial charge in [-0.3, -0.25) is 14.9 Å². The highest BCUT2D eigenvalue weighted by Crippen LogP contribution is 2.25. The van der Waals surface area contributed by atoms with Crippen LogP contribution in [-0.4, -0.2) is 24.4 Å². The SMILES string of the molecule is C/C=C/CCNc1cc(C(=O)NC)ccc1[N+](=O)[O-]. The van der Waals surface area contributed by atoms with Gasteiger partial charge >= 0.3 is 0 Å². The minimum absolute atomic E-state index is 0.0341. The first-order valence-corrected chi connectivity index (χ1v) is 5.95. The molecule has 0 atom stereocenters. The lowest BCUT2D eigenvalue weighted by atomic mass is 10.1. The predicted molar refractivity (Wildman–Crippen MR) is 74.4 cm³/mol. The molecule has 1 amide bonds. The number of carbonyl (C=O) groups is 1. The zero-order chi connectivity index (χ0) is 14.3. The van der Waals surface area contributed by atoms with Crippen LogP contribution in [0.4, 0.5) is 11.4 Å². The molecule has 0 saturated carbocycles. The van der Waals surface area contributed by atoms with E-state index in [1.807, 2.05) is 19.1 Å². The largest absolute Gasteiger partial charge is 0.379 e. The lowest BCUT2D eigenvalue weighted by molar-refractivity contribution is -0.384. The van der Waals surface area contributed by atoms with E-state index in [9.17, 15) is 14.9 Å². The van der Waals surface area contributed by atoms with Crippen molar-refractivity contribution in [1.29, 1.82) is 0 Å².